The van der Waals surface area contributed by atoms with Crippen molar-refractivity contribution in [3.05, 3.63) is 18.0 Å². The second kappa shape index (κ2) is 6.52. The molecule has 1 atom stereocenters. The molecule has 5 heteroatoms. The van der Waals surface area contributed by atoms with Crippen molar-refractivity contribution < 1.29 is 14.3 Å². The van der Waals surface area contributed by atoms with Gasteiger partial charge in [-0.15, -0.1) is 0 Å². The van der Waals surface area contributed by atoms with Crippen LogP contribution < -0.4 is 9.47 Å². The summed E-state index contributed by atoms with van der Waals surface area (Å²) in [5.41, 5.74) is 0.855. The predicted octanol–water partition coefficient (Wildman–Crippen LogP) is 1.51. The summed E-state index contributed by atoms with van der Waals surface area (Å²) in [5, 5.41) is 0. The van der Waals surface area contributed by atoms with Gasteiger partial charge in [0.15, 0.2) is 11.5 Å². The van der Waals surface area contributed by atoms with Gasteiger partial charge in [-0.3, -0.25) is 9.88 Å². The van der Waals surface area contributed by atoms with Gasteiger partial charge in [0, 0.05) is 31.3 Å². The largest absolute Gasteiger partial charge is 0.493 e. The van der Waals surface area contributed by atoms with Crippen molar-refractivity contribution in [2.24, 2.45) is 5.92 Å². The van der Waals surface area contributed by atoms with Crippen LogP contribution >= 0.6 is 0 Å². The first-order valence-electron chi connectivity index (χ1n) is 6.52. The number of hydrogen-bond donors (Lipinski definition) is 0. The lowest BCUT2D eigenvalue weighted by Crippen LogP contribution is -2.35. The summed E-state index contributed by atoms with van der Waals surface area (Å²) in [6.07, 6.45) is 4.82. The van der Waals surface area contributed by atoms with Crippen LogP contribution in [-0.4, -0.2) is 43.5 Å². The number of hydrogen-bond acceptors (Lipinski definition) is 5. The molecule has 104 valence electrons. The third kappa shape index (κ3) is 3.23. The molecule has 1 saturated heterocycles. The molecule has 0 radical (unpaired) electrons. The number of piperidine rings is 1. The molecule has 0 bridgehead atoms. The zero-order chi connectivity index (χ0) is 13.7. The van der Waals surface area contributed by atoms with Crippen LogP contribution in [0.3, 0.4) is 0 Å². The Labute approximate surface area is 113 Å². The second-order valence-electron chi connectivity index (χ2n) is 4.77. The number of pyridine rings is 1. The molecule has 1 unspecified atom stereocenters. The summed E-state index contributed by atoms with van der Waals surface area (Å²) in [5.74, 6) is 1.51. The molecule has 0 aromatic carbocycles. The van der Waals surface area contributed by atoms with Gasteiger partial charge in [-0.2, -0.15) is 0 Å². The van der Waals surface area contributed by atoms with Crippen molar-refractivity contribution in [3.8, 4) is 11.5 Å². The van der Waals surface area contributed by atoms with E-state index in [0.717, 1.165) is 37.9 Å². The minimum absolute atomic E-state index is 0.144. The van der Waals surface area contributed by atoms with E-state index in [9.17, 15) is 4.79 Å². The highest BCUT2D eigenvalue weighted by atomic mass is 16.5. The number of rotatable bonds is 5. The Kier molecular flexibility index (Phi) is 4.74. The average Bonchev–Trinajstić information content (AvgIpc) is 2.47. The zero-order valence-electron chi connectivity index (χ0n) is 11.5. The first kappa shape index (κ1) is 13.8. The number of methoxy groups -OCH3 is 2. The average molecular weight is 264 g/mol. The van der Waals surface area contributed by atoms with Crippen LogP contribution in [0.5, 0.6) is 11.5 Å². The molecule has 0 amide bonds. The van der Waals surface area contributed by atoms with E-state index in [4.69, 9.17) is 9.47 Å². The Morgan fingerprint density at radius 1 is 1.47 bits per heavy atom. The lowest BCUT2D eigenvalue weighted by atomic mass is 9.99. The third-order valence-electron chi connectivity index (χ3n) is 3.47. The van der Waals surface area contributed by atoms with E-state index in [0.29, 0.717) is 18.0 Å². The van der Waals surface area contributed by atoms with Crippen molar-refractivity contribution >= 4 is 6.29 Å². The van der Waals surface area contributed by atoms with Crippen LogP contribution in [0.4, 0.5) is 0 Å². The molecule has 1 aromatic heterocycles. The number of likely N-dealkylation sites (tertiary alicyclic amines) is 1. The number of aromatic nitrogens is 1. The van der Waals surface area contributed by atoms with Crippen LogP contribution in [0, 0.1) is 5.92 Å². The van der Waals surface area contributed by atoms with Crippen molar-refractivity contribution in [2.45, 2.75) is 19.4 Å². The van der Waals surface area contributed by atoms with Gasteiger partial charge in [0.1, 0.15) is 12.0 Å². The van der Waals surface area contributed by atoms with E-state index >= 15 is 0 Å². The molecule has 0 saturated carbocycles. The van der Waals surface area contributed by atoms with Crippen LogP contribution in [0.2, 0.25) is 0 Å². The Morgan fingerprint density at radius 2 is 2.32 bits per heavy atom. The summed E-state index contributed by atoms with van der Waals surface area (Å²) in [6, 6.07) is 1.78. The van der Waals surface area contributed by atoms with Crippen LogP contribution in [0.25, 0.3) is 0 Å². The van der Waals surface area contributed by atoms with E-state index < -0.39 is 0 Å². The minimum atomic E-state index is 0.144. The number of carbonyl (C=O) groups excluding carboxylic acids is 1. The molecular formula is C14H20N2O3. The maximum absolute atomic E-state index is 10.9. The fourth-order valence-electron chi connectivity index (χ4n) is 2.52. The number of ether oxygens (including phenoxy) is 2. The molecule has 0 spiro atoms. The fourth-order valence-corrected chi connectivity index (χ4v) is 2.52. The Balaban J connectivity index is 2.12. The first-order valence-corrected chi connectivity index (χ1v) is 6.52. The van der Waals surface area contributed by atoms with Gasteiger partial charge in [0.05, 0.1) is 14.2 Å². The van der Waals surface area contributed by atoms with Crippen LogP contribution in [0.15, 0.2) is 12.3 Å². The van der Waals surface area contributed by atoms with E-state index in [1.165, 1.54) is 0 Å². The van der Waals surface area contributed by atoms with E-state index in [2.05, 4.69) is 9.88 Å². The van der Waals surface area contributed by atoms with Crippen molar-refractivity contribution in [1.82, 2.24) is 9.88 Å². The molecule has 5 nitrogen and oxygen atoms in total. The summed E-state index contributed by atoms with van der Waals surface area (Å²) in [4.78, 5) is 17.5. The van der Waals surface area contributed by atoms with Gasteiger partial charge in [-0.25, -0.2) is 0 Å². The topological polar surface area (TPSA) is 51.7 Å². The highest BCUT2D eigenvalue weighted by molar-refractivity contribution is 5.54. The maximum atomic E-state index is 10.9. The highest BCUT2D eigenvalue weighted by Crippen LogP contribution is 2.30. The molecule has 1 aliphatic rings. The molecule has 1 aromatic rings. The first-order chi connectivity index (χ1) is 9.28. The van der Waals surface area contributed by atoms with Gasteiger partial charge in [0.2, 0.25) is 0 Å². The normalized spacial score (nSPS) is 20.0. The van der Waals surface area contributed by atoms with E-state index in [-0.39, 0.29) is 5.92 Å². The van der Waals surface area contributed by atoms with Gasteiger partial charge < -0.3 is 14.3 Å². The Morgan fingerprint density at radius 3 is 3.00 bits per heavy atom. The number of carbonyl (C=O) groups is 1. The summed E-state index contributed by atoms with van der Waals surface area (Å²) in [7, 11) is 3.23. The lowest BCUT2D eigenvalue weighted by molar-refractivity contribution is -0.112. The lowest BCUT2D eigenvalue weighted by Gasteiger charge is -2.30. The number of nitrogens with zero attached hydrogens (tertiary/aromatic N) is 2. The molecule has 0 aliphatic carbocycles. The van der Waals surface area contributed by atoms with Gasteiger partial charge in [-0.05, 0) is 19.4 Å². The summed E-state index contributed by atoms with van der Waals surface area (Å²) in [6.45, 7) is 2.47. The second-order valence-corrected chi connectivity index (χ2v) is 4.77. The molecule has 2 rings (SSSR count). The maximum Gasteiger partial charge on any atom is 0.183 e. The Hall–Kier alpha value is -1.62. The quantitative estimate of drug-likeness (QED) is 0.755. The molecule has 1 fully saturated rings. The molecule has 1 aliphatic heterocycles. The van der Waals surface area contributed by atoms with Crippen LogP contribution in [-0.2, 0) is 11.3 Å². The standard InChI is InChI=1S/C14H20N2O3/c1-18-13-5-6-15-12(14(13)19-2)9-16-7-3-4-11(8-16)10-17/h5-6,10-11H,3-4,7-9H2,1-2H3. The Bertz CT molecular complexity index is 437. The minimum Gasteiger partial charge on any atom is -0.493 e. The predicted molar refractivity (Wildman–Crippen MR) is 71.4 cm³/mol. The zero-order valence-corrected chi connectivity index (χ0v) is 11.5. The third-order valence-corrected chi connectivity index (χ3v) is 3.47. The van der Waals surface area contributed by atoms with Gasteiger partial charge in [-0.1, -0.05) is 0 Å². The smallest absolute Gasteiger partial charge is 0.183 e. The summed E-state index contributed by atoms with van der Waals surface area (Å²) < 4.78 is 10.6. The number of aldehydes is 1. The fraction of sp³-hybridized carbons (Fsp3) is 0.571. The van der Waals surface area contributed by atoms with Crippen molar-refractivity contribution in [2.75, 3.05) is 27.3 Å². The van der Waals surface area contributed by atoms with Crippen molar-refractivity contribution in [3.63, 3.8) is 0 Å². The molecular weight excluding hydrogens is 244 g/mol. The van der Waals surface area contributed by atoms with Crippen LogP contribution in [0.1, 0.15) is 18.5 Å². The van der Waals surface area contributed by atoms with Crippen molar-refractivity contribution in [1.29, 1.82) is 0 Å². The van der Waals surface area contributed by atoms with E-state index in [1.807, 2.05) is 0 Å². The molecule has 19 heavy (non-hydrogen) atoms. The van der Waals surface area contributed by atoms with Gasteiger partial charge in [0.25, 0.3) is 0 Å². The SMILES string of the molecule is COc1ccnc(CN2CCCC(C=O)C2)c1OC. The molecule has 2 heterocycles. The van der Waals surface area contributed by atoms with E-state index in [1.54, 1.807) is 26.5 Å². The highest BCUT2D eigenvalue weighted by Gasteiger charge is 2.21. The van der Waals surface area contributed by atoms with Gasteiger partial charge >= 0.3 is 0 Å². The monoisotopic (exact) mass is 264 g/mol. The molecule has 0 N–H and O–H groups in total. The summed E-state index contributed by atoms with van der Waals surface area (Å²) >= 11 is 0.